The third-order valence-corrected chi connectivity index (χ3v) is 2.28. The maximum atomic E-state index is 5.63. The first-order valence-corrected chi connectivity index (χ1v) is 4.14. The molecule has 1 aromatic rings. The molecular formula is C7H7BrN2O. The average molecular weight is 215 g/mol. The first kappa shape index (κ1) is 6.91. The second kappa shape index (κ2) is 2.37. The van der Waals surface area contributed by atoms with Crippen molar-refractivity contribution in [3.63, 3.8) is 0 Å². The number of hydrogen-bond donors (Lipinski definition) is 1. The van der Waals surface area contributed by atoms with Crippen LogP contribution in [0, 0.1) is 0 Å². The number of halogens is 1. The Balaban J connectivity index is 2.64. The van der Waals surface area contributed by atoms with Crippen LogP contribution in [0.2, 0.25) is 0 Å². The SMILES string of the molecule is Nc1ncc(Br)c2c1CCO2. The van der Waals surface area contributed by atoms with Gasteiger partial charge >= 0.3 is 0 Å². The van der Waals surface area contributed by atoms with E-state index in [0.717, 1.165) is 22.2 Å². The summed E-state index contributed by atoms with van der Waals surface area (Å²) < 4.78 is 6.23. The van der Waals surface area contributed by atoms with Gasteiger partial charge in [0.2, 0.25) is 0 Å². The summed E-state index contributed by atoms with van der Waals surface area (Å²) in [4.78, 5) is 4.00. The molecule has 0 bridgehead atoms. The highest BCUT2D eigenvalue weighted by Crippen LogP contribution is 2.35. The van der Waals surface area contributed by atoms with Gasteiger partial charge in [0.1, 0.15) is 11.6 Å². The van der Waals surface area contributed by atoms with Crippen LogP contribution in [0.25, 0.3) is 0 Å². The van der Waals surface area contributed by atoms with Crippen molar-refractivity contribution in [1.82, 2.24) is 4.98 Å². The van der Waals surface area contributed by atoms with Gasteiger partial charge in [-0.1, -0.05) is 0 Å². The zero-order valence-electron chi connectivity index (χ0n) is 5.80. The number of ether oxygens (including phenoxy) is 1. The lowest BCUT2D eigenvalue weighted by molar-refractivity contribution is 0.355. The van der Waals surface area contributed by atoms with Crippen LogP contribution in [0.5, 0.6) is 5.75 Å². The van der Waals surface area contributed by atoms with Gasteiger partial charge in [0, 0.05) is 18.2 Å². The molecule has 0 spiro atoms. The molecule has 0 saturated carbocycles. The van der Waals surface area contributed by atoms with Crippen molar-refractivity contribution in [1.29, 1.82) is 0 Å². The van der Waals surface area contributed by atoms with Crippen molar-refractivity contribution < 1.29 is 4.74 Å². The fourth-order valence-electron chi connectivity index (χ4n) is 1.18. The highest BCUT2D eigenvalue weighted by molar-refractivity contribution is 9.10. The standard InChI is InChI=1S/C7H7BrN2O/c8-5-3-10-7(9)4-1-2-11-6(4)5/h3H,1-2H2,(H2,9,10). The van der Waals surface area contributed by atoms with Gasteiger partial charge in [-0.15, -0.1) is 0 Å². The molecule has 2 heterocycles. The second-order valence-electron chi connectivity index (χ2n) is 2.40. The molecule has 0 amide bonds. The smallest absolute Gasteiger partial charge is 0.142 e. The third kappa shape index (κ3) is 0.976. The van der Waals surface area contributed by atoms with E-state index in [1.54, 1.807) is 6.20 Å². The Labute approximate surface area is 72.7 Å². The predicted molar refractivity (Wildman–Crippen MR) is 45.5 cm³/mol. The number of nitrogens with zero attached hydrogens (tertiary/aromatic N) is 1. The number of nitrogen functional groups attached to an aromatic ring is 1. The largest absolute Gasteiger partial charge is 0.492 e. The van der Waals surface area contributed by atoms with Crippen molar-refractivity contribution >= 4 is 21.7 Å². The van der Waals surface area contributed by atoms with Gasteiger partial charge in [0.25, 0.3) is 0 Å². The van der Waals surface area contributed by atoms with Crippen LogP contribution < -0.4 is 10.5 Å². The summed E-state index contributed by atoms with van der Waals surface area (Å²) >= 11 is 3.34. The molecule has 0 fully saturated rings. The van der Waals surface area contributed by atoms with Gasteiger partial charge in [-0.3, -0.25) is 0 Å². The summed E-state index contributed by atoms with van der Waals surface area (Å²) in [6, 6.07) is 0. The molecule has 2 rings (SSSR count). The Morgan fingerprint density at radius 1 is 1.64 bits per heavy atom. The first-order chi connectivity index (χ1) is 5.29. The Kier molecular flexibility index (Phi) is 1.49. The van der Waals surface area contributed by atoms with Gasteiger partial charge < -0.3 is 10.5 Å². The molecule has 0 radical (unpaired) electrons. The van der Waals surface area contributed by atoms with E-state index in [-0.39, 0.29) is 0 Å². The summed E-state index contributed by atoms with van der Waals surface area (Å²) in [7, 11) is 0. The molecule has 3 nitrogen and oxygen atoms in total. The number of anilines is 1. The van der Waals surface area contributed by atoms with Crippen molar-refractivity contribution in [2.24, 2.45) is 0 Å². The summed E-state index contributed by atoms with van der Waals surface area (Å²) in [5.41, 5.74) is 6.66. The van der Waals surface area contributed by atoms with Crippen molar-refractivity contribution in [2.45, 2.75) is 6.42 Å². The van der Waals surface area contributed by atoms with Crippen LogP contribution in [-0.2, 0) is 6.42 Å². The van der Waals surface area contributed by atoms with Crippen LogP contribution in [0.15, 0.2) is 10.7 Å². The van der Waals surface area contributed by atoms with Crippen molar-refractivity contribution in [2.75, 3.05) is 12.3 Å². The van der Waals surface area contributed by atoms with E-state index in [4.69, 9.17) is 10.5 Å². The average Bonchev–Trinajstić information content (AvgIpc) is 2.45. The lowest BCUT2D eigenvalue weighted by Gasteiger charge is -2.02. The number of pyridine rings is 1. The summed E-state index contributed by atoms with van der Waals surface area (Å²) in [6.07, 6.45) is 2.53. The Bertz CT molecular complexity index is 272. The van der Waals surface area contributed by atoms with E-state index in [9.17, 15) is 0 Å². The topological polar surface area (TPSA) is 48.1 Å². The number of fused-ring (bicyclic) bond motifs is 1. The quantitative estimate of drug-likeness (QED) is 0.710. The van der Waals surface area contributed by atoms with Crippen LogP contribution in [0.4, 0.5) is 5.82 Å². The normalized spacial score (nSPS) is 14.3. The number of aromatic nitrogens is 1. The first-order valence-electron chi connectivity index (χ1n) is 3.34. The molecule has 0 saturated heterocycles. The van der Waals surface area contributed by atoms with E-state index in [1.807, 2.05) is 0 Å². The summed E-state index contributed by atoms with van der Waals surface area (Å²) in [5, 5.41) is 0. The number of hydrogen-bond acceptors (Lipinski definition) is 3. The van der Waals surface area contributed by atoms with Gasteiger partial charge in [-0.25, -0.2) is 4.98 Å². The second-order valence-corrected chi connectivity index (χ2v) is 3.25. The number of rotatable bonds is 0. The van der Waals surface area contributed by atoms with Crippen LogP contribution in [0.1, 0.15) is 5.56 Å². The molecular weight excluding hydrogens is 208 g/mol. The van der Waals surface area contributed by atoms with Gasteiger partial charge in [-0.05, 0) is 15.9 Å². The summed E-state index contributed by atoms with van der Waals surface area (Å²) in [5.74, 6) is 1.44. The Morgan fingerprint density at radius 3 is 3.18 bits per heavy atom. The Morgan fingerprint density at radius 2 is 2.45 bits per heavy atom. The maximum Gasteiger partial charge on any atom is 0.142 e. The lowest BCUT2D eigenvalue weighted by Crippen LogP contribution is -1.94. The monoisotopic (exact) mass is 214 g/mol. The molecule has 0 aromatic carbocycles. The molecule has 1 aliphatic rings. The highest BCUT2D eigenvalue weighted by atomic mass is 79.9. The Hall–Kier alpha value is -0.770. The molecule has 1 aromatic heterocycles. The molecule has 58 valence electrons. The van der Waals surface area contributed by atoms with Crippen LogP contribution in [-0.4, -0.2) is 11.6 Å². The van der Waals surface area contributed by atoms with Gasteiger partial charge in [0.15, 0.2) is 0 Å². The molecule has 1 aliphatic heterocycles. The van der Waals surface area contributed by atoms with Crippen LogP contribution >= 0.6 is 15.9 Å². The molecule has 0 aliphatic carbocycles. The van der Waals surface area contributed by atoms with E-state index in [0.29, 0.717) is 12.4 Å². The minimum absolute atomic E-state index is 0.584. The maximum absolute atomic E-state index is 5.63. The van der Waals surface area contributed by atoms with E-state index >= 15 is 0 Å². The molecule has 2 N–H and O–H groups in total. The number of nitrogens with two attached hydrogens (primary N) is 1. The zero-order chi connectivity index (χ0) is 7.84. The molecule has 0 unspecified atom stereocenters. The van der Waals surface area contributed by atoms with E-state index in [2.05, 4.69) is 20.9 Å². The van der Waals surface area contributed by atoms with Crippen LogP contribution in [0.3, 0.4) is 0 Å². The predicted octanol–water partition coefficient (Wildman–Crippen LogP) is 1.36. The molecule has 4 heteroatoms. The molecule has 11 heavy (non-hydrogen) atoms. The van der Waals surface area contributed by atoms with E-state index < -0.39 is 0 Å². The van der Waals surface area contributed by atoms with E-state index in [1.165, 1.54) is 0 Å². The summed E-state index contributed by atoms with van der Waals surface area (Å²) in [6.45, 7) is 0.712. The minimum atomic E-state index is 0.584. The third-order valence-electron chi connectivity index (χ3n) is 1.72. The van der Waals surface area contributed by atoms with Crippen molar-refractivity contribution in [3.8, 4) is 5.75 Å². The minimum Gasteiger partial charge on any atom is -0.492 e. The fraction of sp³-hybridized carbons (Fsp3) is 0.286. The molecule has 0 atom stereocenters. The zero-order valence-corrected chi connectivity index (χ0v) is 7.39. The lowest BCUT2D eigenvalue weighted by atomic mass is 10.2. The van der Waals surface area contributed by atoms with Gasteiger partial charge in [-0.2, -0.15) is 0 Å². The van der Waals surface area contributed by atoms with Crippen molar-refractivity contribution in [3.05, 3.63) is 16.2 Å². The fourth-order valence-corrected chi connectivity index (χ4v) is 1.63. The van der Waals surface area contributed by atoms with Gasteiger partial charge in [0.05, 0.1) is 11.1 Å². The highest BCUT2D eigenvalue weighted by Gasteiger charge is 2.18.